The van der Waals surface area contributed by atoms with Gasteiger partial charge in [0.1, 0.15) is 0 Å². The largest absolute Gasteiger partial charge is 0.463 e. The molecule has 0 amide bonds. The molecule has 0 saturated heterocycles. The minimum atomic E-state index is -0.212. The van der Waals surface area contributed by atoms with Crippen molar-refractivity contribution < 1.29 is 9.53 Å². The van der Waals surface area contributed by atoms with E-state index in [1.807, 2.05) is 12.3 Å². The first-order valence-corrected chi connectivity index (χ1v) is 6.53. The molecule has 0 N–H and O–H groups in total. The van der Waals surface area contributed by atoms with E-state index in [-0.39, 0.29) is 5.97 Å². The van der Waals surface area contributed by atoms with Gasteiger partial charge in [0.05, 0.1) is 6.61 Å². The fourth-order valence-electron chi connectivity index (χ4n) is 0.990. The molecule has 0 saturated carbocycles. The summed E-state index contributed by atoms with van der Waals surface area (Å²) in [5.41, 5.74) is 0. The van der Waals surface area contributed by atoms with E-state index in [2.05, 4.69) is 6.92 Å². The first-order chi connectivity index (χ1) is 6.81. The van der Waals surface area contributed by atoms with Gasteiger partial charge < -0.3 is 4.74 Å². The zero-order valence-electron chi connectivity index (χ0n) is 9.12. The molecule has 0 aromatic carbocycles. The summed E-state index contributed by atoms with van der Waals surface area (Å²) in [5.74, 6) is 0.654. The molecule has 0 aromatic heterocycles. The molecule has 0 bridgehead atoms. The lowest BCUT2D eigenvalue weighted by Crippen LogP contribution is -2.02. The van der Waals surface area contributed by atoms with Crippen molar-refractivity contribution in [3.63, 3.8) is 0 Å². The summed E-state index contributed by atoms with van der Waals surface area (Å²) in [6.45, 7) is 2.72. The fraction of sp³-hybridized carbons (Fsp3) is 0.727. The van der Waals surface area contributed by atoms with E-state index >= 15 is 0 Å². The summed E-state index contributed by atoms with van der Waals surface area (Å²) in [7, 11) is 0. The molecule has 14 heavy (non-hydrogen) atoms. The number of carbonyl (C=O) groups excluding carboxylic acids is 1. The number of carbonyl (C=O) groups is 1. The average molecular weight is 216 g/mol. The van der Waals surface area contributed by atoms with Gasteiger partial charge in [-0.2, -0.15) is 11.8 Å². The van der Waals surface area contributed by atoms with Gasteiger partial charge in [-0.1, -0.05) is 32.3 Å². The SMILES string of the molecule is CCCCCCOC(=O)/C=C/CSC. The molecular formula is C11H20O2S. The molecule has 0 atom stereocenters. The van der Waals surface area contributed by atoms with E-state index in [0.29, 0.717) is 6.61 Å². The second-order valence-electron chi connectivity index (χ2n) is 3.09. The normalized spacial score (nSPS) is 10.7. The van der Waals surface area contributed by atoms with E-state index in [1.165, 1.54) is 18.9 Å². The van der Waals surface area contributed by atoms with Gasteiger partial charge in [-0.3, -0.25) is 0 Å². The number of hydrogen-bond donors (Lipinski definition) is 0. The average Bonchev–Trinajstić information content (AvgIpc) is 2.18. The van der Waals surface area contributed by atoms with Gasteiger partial charge in [0.15, 0.2) is 0 Å². The highest BCUT2D eigenvalue weighted by molar-refractivity contribution is 7.98. The first kappa shape index (κ1) is 13.6. The van der Waals surface area contributed by atoms with Crippen molar-refractivity contribution in [1.82, 2.24) is 0 Å². The fourth-order valence-corrected chi connectivity index (χ4v) is 1.28. The summed E-state index contributed by atoms with van der Waals surface area (Å²) < 4.78 is 5.00. The molecule has 82 valence electrons. The Bertz CT molecular complexity index is 167. The smallest absolute Gasteiger partial charge is 0.330 e. The van der Waals surface area contributed by atoms with Crippen LogP contribution in [0.5, 0.6) is 0 Å². The number of unbranched alkanes of at least 4 members (excludes halogenated alkanes) is 3. The molecule has 2 nitrogen and oxygen atoms in total. The Morgan fingerprint density at radius 1 is 1.36 bits per heavy atom. The maximum absolute atomic E-state index is 11.0. The summed E-state index contributed by atoms with van der Waals surface area (Å²) in [6, 6.07) is 0. The van der Waals surface area contributed by atoms with Gasteiger partial charge in [-0.15, -0.1) is 0 Å². The molecule has 0 spiro atoms. The monoisotopic (exact) mass is 216 g/mol. The molecule has 0 aliphatic carbocycles. The minimum absolute atomic E-state index is 0.212. The van der Waals surface area contributed by atoms with Crippen LogP contribution >= 0.6 is 11.8 Å². The topological polar surface area (TPSA) is 26.3 Å². The lowest BCUT2D eigenvalue weighted by atomic mass is 10.2. The highest BCUT2D eigenvalue weighted by Gasteiger charge is 1.95. The van der Waals surface area contributed by atoms with Crippen LogP contribution in [0.4, 0.5) is 0 Å². The Morgan fingerprint density at radius 3 is 2.79 bits per heavy atom. The molecular weight excluding hydrogens is 196 g/mol. The maximum atomic E-state index is 11.0. The number of esters is 1. The van der Waals surface area contributed by atoms with Gasteiger partial charge in [-0.05, 0) is 12.7 Å². The minimum Gasteiger partial charge on any atom is -0.463 e. The van der Waals surface area contributed by atoms with Gasteiger partial charge in [0.25, 0.3) is 0 Å². The number of rotatable bonds is 8. The van der Waals surface area contributed by atoms with E-state index in [4.69, 9.17) is 4.74 Å². The van der Waals surface area contributed by atoms with Gasteiger partial charge in [-0.25, -0.2) is 4.79 Å². The maximum Gasteiger partial charge on any atom is 0.330 e. The van der Waals surface area contributed by atoms with Crippen molar-refractivity contribution >= 4 is 17.7 Å². The Labute approximate surface area is 91.1 Å². The van der Waals surface area contributed by atoms with Gasteiger partial charge in [0, 0.05) is 11.8 Å². The summed E-state index contributed by atoms with van der Waals surface area (Å²) in [5, 5.41) is 0. The van der Waals surface area contributed by atoms with Crippen LogP contribution in [0, 0.1) is 0 Å². The van der Waals surface area contributed by atoms with Crippen LogP contribution in [-0.4, -0.2) is 24.6 Å². The highest BCUT2D eigenvalue weighted by atomic mass is 32.2. The second-order valence-corrected chi connectivity index (χ2v) is 4.00. The van der Waals surface area contributed by atoms with E-state index in [1.54, 1.807) is 11.8 Å². The second kappa shape index (κ2) is 10.6. The molecule has 0 heterocycles. The quantitative estimate of drug-likeness (QED) is 0.354. The van der Waals surface area contributed by atoms with E-state index in [0.717, 1.165) is 18.6 Å². The van der Waals surface area contributed by atoms with Crippen molar-refractivity contribution in [1.29, 1.82) is 0 Å². The van der Waals surface area contributed by atoms with Crippen LogP contribution in [0.3, 0.4) is 0 Å². The predicted molar refractivity (Wildman–Crippen MR) is 62.6 cm³/mol. The molecule has 0 aromatic rings. The zero-order chi connectivity index (χ0) is 10.6. The number of thioether (sulfide) groups is 1. The van der Waals surface area contributed by atoms with Crippen molar-refractivity contribution in [2.24, 2.45) is 0 Å². The van der Waals surface area contributed by atoms with Crippen LogP contribution in [0.2, 0.25) is 0 Å². The van der Waals surface area contributed by atoms with Crippen molar-refractivity contribution in [2.45, 2.75) is 32.6 Å². The standard InChI is InChI=1S/C11H20O2S/c1-3-4-5-6-9-13-11(12)8-7-10-14-2/h7-8H,3-6,9-10H2,1-2H3/b8-7+. The molecule has 0 radical (unpaired) electrons. The first-order valence-electron chi connectivity index (χ1n) is 5.13. The Balaban J connectivity index is 3.26. The Morgan fingerprint density at radius 2 is 2.14 bits per heavy atom. The third-order valence-corrected chi connectivity index (χ3v) is 2.28. The molecule has 0 fully saturated rings. The molecule has 0 aliphatic heterocycles. The van der Waals surface area contributed by atoms with Crippen LogP contribution in [0.25, 0.3) is 0 Å². The molecule has 0 unspecified atom stereocenters. The van der Waals surface area contributed by atoms with Crippen LogP contribution in [0.15, 0.2) is 12.2 Å². The number of hydrogen-bond acceptors (Lipinski definition) is 3. The van der Waals surface area contributed by atoms with Crippen molar-refractivity contribution in [2.75, 3.05) is 18.6 Å². The van der Waals surface area contributed by atoms with Crippen LogP contribution in [-0.2, 0) is 9.53 Å². The van der Waals surface area contributed by atoms with Gasteiger partial charge in [0.2, 0.25) is 0 Å². The molecule has 3 heteroatoms. The van der Waals surface area contributed by atoms with Crippen LogP contribution in [0.1, 0.15) is 32.6 Å². The number of ether oxygens (including phenoxy) is 1. The highest BCUT2D eigenvalue weighted by Crippen LogP contribution is 1.99. The molecule has 0 aliphatic rings. The van der Waals surface area contributed by atoms with Crippen molar-refractivity contribution in [3.05, 3.63) is 12.2 Å². The summed E-state index contributed by atoms with van der Waals surface area (Å²) >= 11 is 1.68. The lowest BCUT2D eigenvalue weighted by molar-refractivity contribution is -0.137. The lowest BCUT2D eigenvalue weighted by Gasteiger charge is -2.00. The third-order valence-electron chi connectivity index (χ3n) is 1.76. The van der Waals surface area contributed by atoms with Gasteiger partial charge >= 0.3 is 5.97 Å². The van der Waals surface area contributed by atoms with Crippen molar-refractivity contribution in [3.8, 4) is 0 Å². The van der Waals surface area contributed by atoms with E-state index < -0.39 is 0 Å². The van der Waals surface area contributed by atoms with Crippen LogP contribution < -0.4 is 0 Å². The summed E-state index contributed by atoms with van der Waals surface area (Å²) in [4.78, 5) is 11.0. The Kier molecular flexibility index (Phi) is 10.3. The summed E-state index contributed by atoms with van der Waals surface area (Å²) in [6.07, 6.45) is 9.91. The molecule has 0 rings (SSSR count). The Hall–Kier alpha value is -0.440. The third kappa shape index (κ3) is 9.65. The zero-order valence-corrected chi connectivity index (χ0v) is 9.94. The predicted octanol–water partition coefficient (Wildman–Crippen LogP) is 3.03. The van der Waals surface area contributed by atoms with E-state index in [9.17, 15) is 4.79 Å².